The summed E-state index contributed by atoms with van der Waals surface area (Å²) in [4.78, 5) is 26.9. The molecule has 0 saturated carbocycles. The van der Waals surface area contributed by atoms with Gasteiger partial charge in [-0.2, -0.15) is 0 Å². The first-order valence-electron chi connectivity index (χ1n) is 5.76. The third kappa shape index (κ3) is 2.48. The molecule has 0 aliphatic carbocycles. The van der Waals surface area contributed by atoms with Crippen molar-refractivity contribution in [1.82, 2.24) is 4.90 Å². The van der Waals surface area contributed by atoms with E-state index in [2.05, 4.69) is 0 Å². The molecule has 0 unspecified atom stereocenters. The van der Waals surface area contributed by atoms with Gasteiger partial charge in [0.25, 0.3) is 0 Å². The summed E-state index contributed by atoms with van der Waals surface area (Å²) in [5, 5.41) is 0.631. The van der Waals surface area contributed by atoms with Gasteiger partial charge < -0.3 is 9.80 Å². The van der Waals surface area contributed by atoms with Crippen LogP contribution in [0.25, 0.3) is 0 Å². The topological polar surface area (TPSA) is 40.6 Å². The first-order valence-corrected chi connectivity index (χ1v) is 6.14. The van der Waals surface area contributed by atoms with Gasteiger partial charge in [-0.15, -0.1) is 0 Å². The fraction of sp³-hybridized carbons (Fsp3) is 0.385. The maximum absolute atomic E-state index is 11.9. The molecule has 5 heteroatoms. The Morgan fingerprint density at radius 2 is 1.94 bits per heavy atom. The Morgan fingerprint density at radius 3 is 2.50 bits per heavy atom. The Balaban J connectivity index is 2.15. The summed E-state index contributed by atoms with van der Waals surface area (Å²) in [6.45, 7) is 0.442. The standard InChI is InChI=1S/C13H15ClN2O2/c1-15(2)13(18)9-7-12(17)16(8-9)11-5-3-10(14)4-6-11/h3-6,9H,7-8H2,1-2H3/t9-/m1/s1. The lowest BCUT2D eigenvalue weighted by Crippen LogP contribution is -2.32. The molecule has 1 fully saturated rings. The van der Waals surface area contributed by atoms with Crippen LogP contribution in [0.15, 0.2) is 24.3 Å². The maximum Gasteiger partial charge on any atom is 0.227 e. The molecule has 1 aliphatic heterocycles. The number of anilines is 1. The van der Waals surface area contributed by atoms with E-state index in [-0.39, 0.29) is 24.2 Å². The van der Waals surface area contributed by atoms with E-state index >= 15 is 0 Å². The zero-order valence-corrected chi connectivity index (χ0v) is 11.1. The van der Waals surface area contributed by atoms with Gasteiger partial charge in [0.1, 0.15) is 0 Å². The highest BCUT2D eigenvalue weighted by Crippen LogP contribution is 2.26. The van der Waals surface area contributed by atoms with Crippen LogP contribution in [0, 0.1) is 5.92 Å². The van der Waals surface area contributed by atoms with Gasteiger partial charge >= 0.3 is 0 Å². The monoisotopic (exact) mass is 266 g/mol. The fourth-order valence-electron chi connectivity index (χ4n) is 2.11. The molecule has 2 rings (SSSR count). The summed E-state index contributed by atoms with van der Waals surface area (Å²) in [5.74, 6) is -0.263. The molecular formula is C13H15ClN2O2. The van der Waals surface area contributed by atoms with Crippen molar-refractivity contribution < 1.29 is 9.59 Å². The second-order valence-corrected chi connectivity index (χ2v) is 5.05. The Morgan fingerprint density at radius 1 is 1.33 bits per heavy atom. The number of rotatable bonds is 2. The Kier molecular flexibility index (Phi) is 3.57. The first-order chi connectivity index (χ1) is 8.49. The zero-order valence-electron chi connectivity index (χ0n) is 10.4. The molecule has 1 atom stereocenters. The van der Waals surface area contributed by atoms with E-state index in [1.807, 2.05) is 0 Å². The highest BCUT2D eigenvalue weighted by Gasteiger charge is 2.35. The minimum atomic E-state index is -0.247. The summed E-state index contributed by atoms with van der Waals surface area (Å²) < 4.78 is 0. The lowest BCUT2D eigenvalue weighted by molar-refractivity contribution is -0.133. The normalized spacial score (nSPS) is 19.2. The molecule has 1 saturated heterocycles. The second-order valence-electron chi connectivity index (χ2n) is 4.61. The van der Waals surface area contributed by atoms with E-state index in [0.29, 0.717) is 11.6 Å². The van der Waals surface area contributed by atoms with Gasteiger partial charge in [-0.1, -0.05) is 11.6 Å². The van der Waals surface area contributed by atoms with Crippen LogP contribution in [-0.2, 0) is 9.59 Å². The largest absolute Gasteiger partial charge is 0.349 e. The molecular weight excluding hydrogens is 252 g/mol. The highest BCUT2D eigenvalue weighted by molar-refractivity contribution is 6.30. The number of carbonyl (C=O) groups excluding carboxylic acids is 2. The van der Waals surface area contributed by atoms with Gasteiger partial charge in [-0.05, 0) is 24.3 Å². The third-order valence-corrected chi connectivity index (χ3v) is 3.31. The minimum absolute atomic E-state index is 0.000173. The molecule has 2 amide bonds. The van der Waals surface area contributed by atoms with Crippen molar-refractivity contribution in [3.63, 3.8) is 0 Å². The van der Waals surface area contributed by atoms with E-state index in [9.17, 15) is 9.59 Å². The number of halogens is 1. The van der Waals surface area contributed by atoms with E-state index in [1.54, 1.807) is 43.3 Å². The van der Waals surface area contributed by atoms with Crippen LogP contribution < -0.4 is 4.90 Å². The number of nitrogens with zero attached hydrogens (tertiary/aromatic N) is 2. The molecule has 18 heavy (non-hydrogen) atoms. The molecule has 1 aliphatic rings. The molecule has 1 aromatic rings. The molecule has 96 valence electrons. The summed E-state index contributed by atoms with van der Waals surface area (Å²) in [6, 6.07) is 7.07. The number of benzene rings is 1. The lowest BCUT2D eigenvalue weighted by Gasteiger charge is -2.18. The predicted molar refractivity (Wildman–Crippen MR) is 70.6 cm³/mol. The average molecular weight is 267 g/mol. The highest BCUT2D eigenvalue weighted by atomic mass is 35.5. The van der Waals surface area contributed by atoms with E-state index in [0.717, 1.165) is 5.69 Å². The van der Waals surface area contributed by atoms with Crippen LogP contribution in [0.3, 0.4) is 0 Å². The van der Waals surface area contributed by atoms with Gasteiger partial charge in [0.2, 0.25) is 11.8 Å². The Bertz CT molecular complexity index is 470. The molecule has 0 spiro atoms. The summed E-state index contributed by atoms with van der Waals surface area (Å²) in [5.41, 5.74) is 0.790. The van der Waals surface area contributed by atoms with Gasteiger partial charge in [0.15, 0.2) is 0 Å². The fourth-order valence-corrected chi connectivity index (χ4v) is 2.23. The molecule has 0 bridgehead atoms. The van der Waals surface area contributed by atoms with Crippen molar-refractivity contribution >= 4 is 29.1 Å². The molecule has 1 heterocycles. The third-order valence-electron chi connectivity index (χ3n) is 3.05. The van der Waals surface area contributed by atoms with Crippen molar-refractivity contribution in [3.8, 4) is 0 Å². The van der Waals surface area contributed by atoms with Crippen molar-refractivity contribution in [3.05, 3.63) is 29.3 Å². The molecule has 4 nitrogen and oxygen atoms in total. The molecule has 0 N–H and O–H groups in total. The van der Waals surface area contributed by atoms with Crippen molar-refractivity contribution in [1.29, 1.82) is 0 Å². The van der Waals surface area contributed by atoms with Crippen molar-refractivity contribution in [2.45, 2.75) is 6.42 Å². The number of carbonyl (C=O) groups is 2. The first kappa shape index (κ1) is 12.9. The Hall–Kier alpha value is -1.55. The minimum Gasteiger partial charge on any atom is -0.349 e. The van der Waals surface area contributed by atoms with E-state index < -0.39 is 0 Å². The smallest absolute Gasteiger partial charge is 0.227 e. The quantitative estimate of drug-likeness (QED) is 0.819. The zero-order chi connectivity index (χ0) is 13.3. The average Bonchev–Trinajstić information content (AvgIpc) is 2.71. The lowest BCUT2D eigenvalue weighted by atomic mass is 10.1. The van der Waals surface area contributed by atoms with Crippen LogP contribution in [0.5, 0.6) is 0 Å². The molecule has 0 radical (unpaired) electrons. The van der Waals surface area contributed by atoms with Gasteiger partial charge in [-0.3, -0.25) is 9.59 Å². The van der Waals surface area contributed by atoms with Crippen LogP contribution >= 0.6 is 11.6 Å². The summed E-state index contributed by atoms with van der Waals surface area (Å²) in [6.07, 6.45) is 0.277. The van der Waals surface area contributed by atoms with Crippen LogP contribution in [0.4, 0.5) is 5.69 Å². The molecule has 1 aromatic carbocycles. The molecule has 0 aromatic heterocycles. The van der Waals surface area contributed by atoms with Gasteiger partial charge in [-0.25, -0.2) is 0 Å². The van der Waals surface area contributed by atoms with E-state index in [4.69, 9.17) is 11.6 Å². The number of hydrogen-bond acceptors (Lipinski definition) is 2. The van der Waals surface area contributed by atoms with Gasteiger partial charge in [0, 0.05) is 37.8 Å². The number of amides is 2. The summed E-state index contributed by atoms with van der Waals surface area (Å²) in [7, 11) is 3.41. The van der Waals surface area contributed by atoms with Crippen LogP contribution in [0.2, 0.25) is 5.02 Å². The van der Waals surface area contributed by atoms with Crippen molar-refractivity contribution in [2.75, 3.05) is 25.5 Å². The SMILES string of the molecule is CN(C)C(=O)[C@@H]1CC(=O)N(c2ccc(Cl)cc2)C1. The predicted octanol–water partition coefficient (Wildman–Crippen LogP) is 1.78. The maximum atomic E-state index is 11.9. The van der Waals surface area contributed by atoms with Crippen LogP contribution in [0.1, 0.15) is 6.42 Å². The Labute approximate surface area is 111 Å². The second kappa shape index (κ2) is 4.98. The summed E-state index contributed by atoms with van der Waals surface area (Å²) >= 11 is 5.81. The van der Waals surface area contributed by atoms with E-state index in [1.165, 1.54) is 4.90 Å². The number of hydrogen-bond donors (Lipinski definition) is 0. The van der Waals surface area contributed by atoms with Gasteiger partial charge in [0.05, 0.1) is 5.92 Å². The van der Waals surface area contributed by atoms with Crippen molar-refractivity contribution in [2.24, 2.45) is 5.92 Å². The van der Waals surface area contributed by atoms with Crippen LogP contribution in [-0.4, -0.2) is 37.4 Å².